The fourth-order valence-corrected chi connectivity index (χ4v) is 4.18. The first-order chi connectivity index (χ1) is 17.5. The fraction of sp³-hybridized carbons (Fsp3) is 0.435. The van der Waals surface area contributed by atoms with Crippen molar-refractivity contribution in [1.82, 2.24) is 39.9 Å². The van der Waals surface area contributed by atoms with Gasteiger partial charge in [-0.15, -0.1) is 0 Å². The highest BCUT2D eigenvalue weighted by Crippen LogP contribution is 2.40. The Bertz CT molecular complexity index is 1240. The van der Waals surface area contributed by atoms with E-state index in [1.54, 1.807) is 25.6 Å². The zero-order valence-corrected chi connectivity index (χ0v) is 20.1. The Morgan fingerprint density at radius 3 is 2.64 bits per heavy atom. The molecule has 4 heterocycles. The van der Waals surface area contributed by atoms with Gasteiger partial charge in [0.2, 0.25) is 0 Å². The summed E-state index contributed by atoms with van der Waals surface area (Å²) in [6.07, 6.45) is 10.8. The van der Waals surface area contributed by atoms with Crippen LogP contribution in [0.3, 0.4) is 0 Å². The molecule has 1 saturated carbocycles. The van der Waals surface area contributed by atoms with E-state index in [9.17, 15) is 9.59 Å². The molecule has 2 fully saturated rings. The maximum atomic E-state index is 13.0. The van der Waals surface area contributed by atoms with E-state index < -0.39 is 6.09 Å². The molecule has 1 saturated heterocycles. The van der Waals surface area contributed by atoms with Crippen LogP contribution < -0.4 is 20.7 Å². The normalized spacial score (nSPS) is 17.9. The van der Waals surface area contributed by atoms with Gasteiger partial charge in [0.1, 0.15) is 12.0 Å². The van der Waals surface area contributed by atoms with Crippen molar-refractivity contribution in [2.45, 2.75) is 37.6 Å². The zero-order chi connectivity index (χ0) is 25.1. The van der Waals surface area contributed by atoms with Crippen molar-refractivity contribution in [3.63, 3.8) is 0 Å². The van der Waals surface area contributed by atoms with E-state index in [-0.39, 0.29) is 35.0 Å². The Labute approximate surface area is 207 Å². The van der Waals surface area contributed by atoms with Crippen LogP contribution in [-0.4, -0.2) is 72.8 Å². The van der Waals surface area contributed by atoms with Crippen LogP contribution >= 0.6 is 0 Å². The van der Waals surface area contributed by atoms with Gasteiger partial charge < -0.3 is 20.3 Å². The van der Waals surface area contributed by atoms with Gasteiger partial charge in [0.05, 0.1) is 41.9 Å². The van der Waals surface area contributed by atoms with Crippen molar-refractivity contribution in [2.24, 2.45) is 7.05 Å². The first-order valence-electron chi connectivity index (χ1n) is 11.9. The lowest BCUT2D eigenvalue weighted by Crippen LogP contribution is -2.46. The number of anilines is 3. The predicted molar refractivity (Wildman–Crippen MR) is 130 cm³/mol. The van der Waals surface area contributed by atoms with Crippen LogP contribution in [0.4, 0.5) is 22.0 Å². The summed E-state index contributed by atoms with van der Waals surface area (Å²) in [5.41, 5.74) is 1.79. The summed E-state index contributed by atoms with van der Waals surface area (Å²) in [6.45, 7) is 1.78. The maximum Gasteiger partial charge on any atom is 0.418 e. The molecule has 188 valence electrons. The quantitative estimate of drug-likeness (QED) is 0.447. The molecule has 0 radical (unpaired) electrons. The highest BCUT2D eigenvalue weighted by atomic mass is 16.6. The number of amides is 2. The maximum absolute atomic E-state index is 13.0. The van der Waals surface area contributed by atoms with Crippen molar-refractivity contribution in [1.29, 1.82) is 0 Å². The molecule has 1 aliphatic heterocycles. The summed E-state index contributed by atoms with van der Waals surface area (Å²) >= 11 is 0. The van der Waals surface area contributed by atoms with E-state index >= 15 is 0 Å². The number of nitrogens with zero attached hydrogens (tertiary/aromatic N) is 7. The summed E-state index contributed by atoms with van der Waals surface area (Å²) in [4.78, 5) is 44.9. The standard InChI is InChI=1S/C23H28N10O3/c1-32-7-3-4-15(12-32)29-21(34)19-18(11-27-33(19)2)31-23(35)36-22-20(28-16-8-24-13-25-9-16)26-10-17(30-22)14-5-6-14/h8-11,13-15H,3-7,12H2,1-2H3,(H,26,28)(H,29,34)(H,31,35). The number of carbonyl (C=O) groups excluding carboxylic acids is 2. The number of aromatic nitrogens is 6. The summed E-state index contributed by atoms with van der Waals surface area (Å²) in [5.74, 6) is 0.257. The topological polar surface area (TPSA) is 152 Å². The lowest BCUT2D eigenvalue weighted by molar-refractivity contribution is 0.0904. The number of likely N-dealkylation sites (tertiary alicyclic amines) is 1. The number of hydrogen-bond donors (Lipinski definition) is 3. The number of hydrogen-bond acceptors (Lipinski definition) is 10. The molecule has 1 aliphatic carbocycles. The third kappa shape index (κ3) is 5.57. The van der Waals surface area contributed by atoms with E-state index in [2.05, 4.69) is 45.9 Å². The van der Waals surface area contributed by atoms with Gasteiger partial charge in [0.25, 0.3) is 11.8 Å². The van der Waals surface area contributed by atoms with Crippen LogP contribution in [0.2, 0.25) is 0 Å². The molecular weight excluding hydrogens is 464 g/mol. The number of nitrogens with one attached hydrogen (secondary N) is 3. The second-order valence-corrected chi connectivity index (χ2v) is 9.09. The molecule has 5 rings (SSSR count). The van der Waals surface area contributed by atoms with Gasteiger partial charge >= 0.3 is 6.09 Å². The van der Waals surface area contributed by atoms with Crippen molar-refractivity contribution in [2.75, 3.05) is 30.8 Å². The smallest absolute Gasteiger partial charge is 0.387 e. The molecule has 3 aromatic heterocycles. The Balaban J connectivity index is 1.30. The van der Waals surface area contributed by atoms with Crippen molar-refractivity contribution < 1.29 is 14.3 Å². The van der Waals surface area contributed by atoms with E-state index in [4.69, 9.17) is 4.74 Å². The van der Waals surface area contributed by atoms with Crippen LogP contribution in [0, 0.1) is 0 Å². The third-order valence-corrected chi connectivity index (χ3v) is 6.12. The lowest BCUT2D eigenvalue weighted by atomic mass is 10.1. The third-order valence-electron chi connectivity index (χ3n) is 6.12. The highest BCUT2D eigenvalue weighted by molar-refractivity contribution is 6.01. The van der Waals surface area contributed by atoms with Crippen LogP contribution in [0.5, 0.6) is 5.88 Å². The average Bonchev–Trinajstić information content (AvgIpc) is 3.64. The molecule has 1 atom stereocenters. The number of ether oxygens (including phenoxy) is 1. The SMILES string of the molecule is CN1CCCC(NC(=O)c2c(NC(=O)Oc3nc(C4CC4)cnc3Nc3cncnc3)cnn2C)C1. The number of piperidine rings is 1. The minimum atomic E-state index is -0.816. The monoisotopic (exact) mass is 492 g/mol. The summed E-state index contributed by atoms with van der Waals surface area (Å²) in [6, 6.07) is 0.0296. The summed E-state index contributed by atoms with van der Waals surface area (Å²) in [7, 11) is 3.67. The minimum absolute atomic E-state index is 0.0147. The molecule has 2 amide bonds. The van der Waals surface area contributed by atoms with E-state index in [0.29, 0.717) is 11.6 Å². The first kappa shape index (κ1) is 23.6. The molecule has 3 N–H and O–H groups in total. The summed E-state index contributed by atoms with van der Waals surface area (Å²) < 4.78 is 6.97. The number of rotatable bonds is 7. The molecule has 3 aromatic rings. The van der Waals surface area contributed by atoms with Crippen LogP contribution in [0.15, 0.2) is 31.1 Å². The van der Waals surface area contributed by atoms with E-state index in [1.807, 2.05) is 7.05 Å². The van der Waals surface area contributed by atoms with Crippen LogP contribution in [-0.2, 0) is 7.05 Å². The van der Waals surface area contributed by atoms with Gasteiger partial charge in [0.15, 0.2) is 5.82 Å². The average molecular weight is 493 g/mol. The molecule has 1 unspecified atom stereocenters. The summed E-state index contributed by atoms with van der Waals surface area (Å²) in [5, 5.41) is 12.8. The first-order valence-corrected chi connectivity index (χ1v) is 11.9. The number of carbonyl (C=O) groups is 2. The largest absolute Gasteiger partial charge is 0.418 e. The highest BCUT2D eigenvalue weighted by Gasteiger charge is 2.28. The second kappa shape index (κ2) is 10.2. The second-order valence-electron chi connectivity index (χ2n) is 9.09. The minimum Gasteiger partial charge on any atom is -0.387 e. The zero-order valence-electron chi connectivity index (χ0n) is 20.1. The molecule has 13 nitrogen and oxygen atoms in total. The Morgan fingerprint density at radius 2 is 1.89 bits per heavy atom. The molecule has 13 heteroatoms. The van der Waals surface area contributed by atoms with Crippen molar-refractivity contribution >= 4 is 29.2 Å². The van der Waals surface area contributed by atoms with Crippen LogP contribution in [0.25, 0.3) is 0 Å². The Hall–Kier alpha value is -4.13. The Morgan fingerprint density at radius 1 is 1.08 bits per heavy atom. The molecular formula is C23H28N10O3. The number of aryl methyl sites for hydroxylation is 1. The fourth-order valence-electron chi connectivity index (χ4n) is 4.18. The molecule has 2 aliphatic rings. The predicted octanol–water partition coefficient (Wildman–Crippen LogP) is 2.06. The molecule has 0 aromatic carbocycles. The Kier molecular flexibility index (Phi) is 6.71. The van der Waals surface area contributed by atoms with Gasteiger partial charge in [-0.25, -0.2) is 24.7 Å². The van der Waals surface area contributed by atoms with Gasteiger partial charge in [0, 0.05) is 25.6 Å². The number of likely N-dealkylation sites (N-methyl/N-ethyl adjacent to an activating group) is 1. The van der Waals surface area contributed by atoms with Gasteiger partial charge in [-0.1, -0.05) is 0 Å². The van der Waals surface area contributed by atoms with E-state index in [1.165, 1.54) is 17.2 Å². The van der Waals surface area contributed by atoms with Gasteiger partial charge in [-0.2, -0.15) is 5.10 Å². The molecule has 0 spiro atoms. The van der Waals surface area contributed by atoms with Gasteiger partial charge in [-0.3, -0.25) is 14.8 Å². The van der Waals surface area contributed by atoms with Crippen LogP contribution in [0.1, 0.15) is 47.8 Å². The lowest BCUT2D eigenvalue weighted by Gasteiger charge is -2.30. The molecule has 0 bridgehead atoms. The van der Waals surface area contributed by atoms with Crippen molar-refractivity contribution in [3.05, 3.63) is 42.5 Å². The van der Waals surface area contributed by atoms with Crippen molar-refractivity contribution in [3.8, 4) is 5.88 Å². The van der Waals surface area contributed by atoms with E-state index in [0.717, 1.165) is 44.5 Å². The molecule has 36 heavy (non-hydrogen) atoms. The van der Waals surface area contributed by atoms with Gasteiger partial charge in [-0.05, 0) is 39.3 Å².